The van der Waals surface area contributed by atoms with Gasteiger partial charge in [0.25, 0.3) is 0 Å². The van der Waals surface area contributed by atoms with Crippen molar-refractivity contribution in [2.24, 2.45) is 0 Å². The summed E-state index contributed by atoms with van der Waals surface area (Å²) < 4.78 is 4.92. The Morgan fingerprint density at radius 3 is 2.08 bits per heavy atom. The molecule has 0 unspecified atom stereocenters. The summed E-state index contributed by atoms with van der Waals surface area (Å²) in [5.41, 5.74) is 11.5. The van der Waals surface area contributed by atoms with E-state index in [1.807, 2.05) is 23.9 Å². The SMILES string of the molecule is c1ccc(-n2c3cccc(-c4nc5ccccc5nc4-c4ccc5ccccc5c4)c3c3c4cccc5c4n(c32)-c2ccccc2S5)cc1. The van der Waals surface area contributed by atoms with Crippen LogP contribution in [0.25, 0.3) is 88.5 Å². The Bertz CT molecular complexity index is 2970. The van der Waals surface area contributed by atoms with Crippen molar-refractivity contribution in [1.29, 1.82) is 0 Å². The lowest BCUT2D eigenvalue weighted by molar-refractivity contribution is 1.03. The third-order valence-corrected chi connectivity index (χ3v) is 11.0. The van der Waals surface area contributed by atoms with Crippen LogP contribution >= 0.6 is 11.8 Å². The number of nitrogens with zero attached hydrogens (tertiary/aromatic N) is 4. The highest BCUT2D eigenvalue weighted by Gasteiger charge is 2.29. The van der Waals surface area contributed by atoms with Crippen LogP contribution in [0.4, 0.5) is 0 Å². The highest BCUT2D eigenvalue weighted by Crippen LogP contribution is 2.51. The number of aromatic nitrogens is 4. The van der Waals surface area contributed by atoms with Crippen LogP contribution < -0.4 is 0 Å². The third kappa shape index (κ3) is 3.82. The van der Waals surface area contributed by atoms with Gasteiger partial charge in [0, 0.05) is 42.8 Å². The van der Waals surface area contributed by atoms with E-state index in [4.69, 9.17) is 9.97 Å². The van der Waals surface area contributed by atoms with Crippen molar-refractivity contribution in [2.75, 3.05) is 0 Å². The van der Waals surface area contributed by atoms with Crippen molar-refractivity contribution in [3.05, 3.63) is 158 Å². The zero-order valence-corrected chi connectivity index (χ0v) is 27.0. The van der Waals surface area contributed by atoms with E-state index in [1.54, 1.807) is 0 Å². The molecule has 0 atom stereocenters. The first-order valence-electron chi connectivity index (χ1n) is 16.5. The first-order chi connectivity index (χ1) is 24.3. The van der Waals surface area contributed by atoms with E-state index in [-0.39, 0.29) is 0 Å². The number of hydrogen-bond acceptors (Lipinski definition) is 3. The molecule has 228 valence electrons. The zero-order chi connectivity index (χ0) is 32.1. The van der Waals surface area contributed by atoms with Gasteiger partial charge in [-0.15, -0.1) is 0 Å². The summed E-state index contributed by atoms with van der Waals surface area (Å²) in [6.45, 7) is 0. The fourth-order valence-corrected chi connectivity index (χ4v) is 8.87. The largest absolute Gasteiger partial charge is 0.295 e. The standard InChI is InChI=1S/C44H26N4S/c1-2-14-30(15-3-1)47-36-21-10-16-31(39(36)40-32-17-11-23-38-43(32)48(44(40)47)35-20-8-9-22-37(35)49-38)42-41(45-33-18-6-7-19-34(33)46-42)29-25-24-27-12-4-5-13-28(27)26-29/h1-26H. The third-order valence-electron chi connectivity index (χ3n) is 9.86. The lowest BCUT2D eigenvalue weighted by Gasteiger charge is -2.21. The summed E-state index contributed by atoms with van der Waals surface area (Å²) in [5.74, 6) is 0. The molecular formula is C44H26N4S. The van der Waals surface area contributed by atoms with E-state index in [0.29, 0.717) is 0 Å². The van der Waals surface area contributed by atoms with Gasteiger partial charge in [-0.2, -0.15) is 0 Å². The van der Waals surface area contributed by atoms with Gasteiger partial charge in [-0.05, 0) is 65.4 Å². The first-order valence-corrected chi connectivity index (χ1v) is 17.3. The van der Waals surface area contributed by atoms with E-state index >= 15 is 0 Å². The monoisotopic (exact) mass is 642 g/mol. The molecule has 0 radical (unpaired) electrons. The molecule has 5 heteroatoms. The number of benzene rings is 7. The summed E-state index contributed by atoms with van der Waals surface area (Å²) in [6, 6.07) is 56.2. The minimum absolute atomic E-state index is 0.880. The van der Waals surface area contributed by atoms with Gasteiger partial charge in [-0.25, -0.2) is 9.97 Å². The van der Waals surface area contributed by atoms with Crippen molar-refractivity contribution in [1.82, 2.24) is 19.1 Å². The van der Waals surface area contributed by atoms with Crippen LogP contribution in [0.2, 0.25) is 0 Å². The van der Waals surface area contributed by atoms with Crippen molar-refractivity contribution in [2.45, 2.75) is 9.79 Å². The Morgan fingerprint density at radius 2 is 1.20 bits per heavy atom. The van der Waals surface area contributed by atoms with Crippen molar-refractivity contribution in [3.8, 4) is 33.9 Å². The summed E-state index contributed by atoms with van der Waals surface area (Å²) in [5, 5.41) is 6.03. The first kappa shape index (κ1) is 26.9. The highest BCUT2D eigenvalue weighted by atomic mass is 32.2. The molecular weight excluding hydrogens is 617 g/mol. The minimum Gasteiger partial charge on any atom is -0.295 e. The van der Waals surface area contributed by atoms with Crippen molar-refractivity contribution >= 4 is 66.4 Å². The second kappa shape index (κ2) is 10.2. The molecule has 4 nitrogen and oxygen atoms in total. The maximum absolute atomic E-state index is 5.43. The second-order valence-corrected chi connectivity index (χ2v) is 13.7. The molecule has 0 spiro atoms. The van der Waals surface area contributed by atoms with Crippen LogP contribution in [0.1, 0.15) is 0 Å². The number of para-hydroxylation sites is 5. The predicted molar refractivity (Wildman–Crippen MR) is 203 cm³/mol. The maximum atomic E-state index is 5.43. The van der Waals surface area contributed by atoms with Crippen LogP contribution in [0, 0.1) is 0 Å². The lowest BCUT2D eigenvalue weighted by Crippen LogP contribution is -2.05. The van der Waals surface area contributed by atoms with Gasteiger partial charge in [0.1, 0.15) is 5.65 Å². The van der Waals surface area contributed by atoms with Crippen LogP contribution in [0.5, 0.6) is 0 Å². The average molecular weight is 643 g/mol. The quantitative estimate of drug-likeness (QED) is 0.192. The molecule has 1 aliphatic rings. The molecule has 0 saturated heterocycles. The van der Waals surface area contributed by atoms with Gasteiger partial charge in [0.15, 0.2) is 0 Å². The van der Waals surface area contributed by atoms with E-state index in [1.165, 1.54) is 47.9 Å². The number of fused-ring (bicyclic) bond motifs is 9. The molecule has 0 fully saturated rings. The zero-order valence-electron chi connectivity index (χ0n) is 26.2. The Hall–Kier alpha value is -6.17. The molecule has 11 rings (SSSR count). The fraction of sp³-hybridized carbons (Fsp3) is 0. The lowest BCUT2D eigenvalue weighted by atomic mass is 9.97. The Kier molecular flexibility index (Phi) is 5.57. The molecule has 7 aromatic carbocycles. The molecule has 0 saturated carbocycles. The van der Waals surface area contributed by atoms with E-state index < -0.39 is 0 Å². The molecule has 49 heavy (non-hydrogen) atoms. The summed E-state index contributed by atoms with van der Waals surface area (Å²) in [4.78, 5) is 13.3. The minimum atomic E-state index is 0.880. The van der Waals surface area contributed by atoms with Gasteiger partial charge in [0.05, 0.1) is 39.1 Å². The Balaban J connectivity index is 1.33. The molecule has 4 heterocycles. The molecule has 0 bridgehead atoms. The number of hydrogen-bond donors (Lipinski definition) is 0. The molecule has 1 aliphatic heterocycles. The number of rotatable bonds is 3. The summed E-state index contributed by atoms with van der Waals surface area (Å²) in [7, 11) is 0. The van der Waals surface area contributed by atoms with E-state index in [9.17, 15) is 0 Å². The van der Waals surface area contributed by atoms with Crippen LogP contribution in [-0.2, 0) is 0 Å². The van der Waals surface area contributed by atoms with Gasteiger partial charge in [-0.1, -0.05) is 115 Å². The molecule has 3 aromatic heterocycles. The smallest absolute Gasteiger partial charge is 0.131 e. The van der Waals surface area contributed by atoms with Gasteiger partial charge >= 0.3 is 0 Å². The van der Waals surface area contributed by atoms with Crippen LogP contribution in [0.3, 0.4) is 0 Å². The molecule has 0 N–H and O–H groups in total. The normalized spacial score (nSPS) is 12.4. The maximum Gasteiger partial charge on any atom is 0.131 e. The van der Waals surface area contributed by atoms with Crippen LogP contribution in [0.15, 0.2) is 168 Å². The van der Waals surface area contributed by atoms with Gasteiger partial charge < -0.3 is 0 Å². The van der Waals surface area contributed by atoms with E-state index in [2.05, 4.69) is 155 Å². The molecule has 0 amide bonds. The van der Waals surface area contributed by atoms with E-state index in [0.717, 1.165) is 50.4 Å². The topological polar surface area (TPSA) is 35.6 Å². The van der Waals surface area contributed by atoms with Gasteiger partial charge in [-0.3, -0.25) is 9.13 Å². The van der Waals surface area contributed by atoms with Crippen molar-refractivity contribution in [3.63, 3.8) is 0 Å². The Labute approximate surface area is 285 Å². The van der Waals surface area contributed by atoms with Crippen LogP contribution in [-0.4, -0.2) is 19.1 Å². The second-order valence-electron chi connectivity index (χ2n) is 12.6. The fourth-order valence-electron chi connectivity index (χ4n) is 7.78. The summed E-state index contributed by atoms with van der Waals surface area (Å²) >= 11 is 1.85. The summed E-state index contributed by atoms with van der Waals surface area (Å²) in [6.07, 6.45) is 0. The predicted octanol–water partition coefficient (Wildman–Crippen LogP) is 11.6. The molecule has 0 aliphatic carbocycles. The Morgan fingerprint density at radius 1 is 0.490 bits per heavy atom. The van der Waals surface area contributed by atoms with Gasteiger partial charge in [0.2, 0.25) is 0 Å². The molecule has 10 aromatic rings. The van der Waals surface area contributed by atoms with Crippen molar-refractivity contribution < 1.29 is 0 Å². The average Bonchev–Trinajstić information content (AvgIpc) is 3.68. The highest BCUT2D eigenvalue weighted by molar-refractivity contribution is 7.99.